The second-order valence-corrected chi connectivity index (χ2v) is 3.58. The van der Waals surface area contributed by atoms with Crippen molar-refractivity contribution in [2.45, 2.75) is 26.6 Å². The summed E-state index contributed by atoms with van der Waals surface area (Å²) in [4.78, 5) is 15.0. The molecule has 1 aromatic heterocycles. The van der Waals surface area contributed by atoms with E-state index in [0.29, 0.717) is 0 Å². The molecule has 0 fully saturated rings. The summed E-state index contributed by atoms with van der Waals surface area (Å²) in [6.07, 6.45) is -5.24. The lowest BCUT2D eigenvalue weighted by Gasteiger charge is -2.12. The molecule has 1 N–H and O–H groups in total. The van der Waals surface area contributed by atoms with Crippen LogP contribution in [0.2, 0.25) is 0 Å². The molecule has 0 bridgehead atoms. The number of halogens is 3. The second-order valence-electron chi connectivity index (χ2n) is 3.58. The third-order valence-electron chi connectivity index (χ3n) is 2.04. The molecule has 0 spiro atoms. The zero-order valence-corrected chi connectivity index (χ0v) is 10.2. The minimum atomic E-state index is -4.94. The third kappa shape index (κ3) is 4.65. The molecule has 19 heavy (non-hydrogen) atoms. The maximum atomic E-state index is 12.1. The Hall–Kier alpha value is -1.99. The lowest BCUT2D eigenvalue weighted by Crippen LogP contribution is -2.18. The number of ether oxygens (including phenoxy) is 2. The summed E-state index contributed by atoms with van der Waals surface area (Å²) in [6.45, 7) is 3.06. The van der Waals surface area contributed by atoms with Gasteiger partial charge in [0, 0.05) is 6.07 Å². The van der Waals surface area contributed by atoms with Crippen LogP contribution in [0.15, 0.2) is 6.07 Å². The van der Waals surface area contributed by atoms with Crippen molar-refractivity contribution >= 4 is 5.97 Å². The van der Waals surface area contributed by atoms with E-state index in [2.05, 4.69) is 14.5 Å². The molecule has 1 heterocycles. The first-order chi connectivity index (χ1) is 8.73. The number of hydrogen-bond donors (Lipinski definition) is 1. The number of pyridine rings is 1. The van der Waals surface area contributed by atoms with Crippen molar-refractivity contribution < 1.29 is 32.5 Å². The molecule has 0 aliphatic heterocycles. The normalized spacial score (nSPS) is 11.2. The van der Waals surface area contributed by atoms with Gasteiger partial charge in [0.15, 0.2) is 11.5 Å². The highest BCUT2D eigenvalue weighted by Crippen LogP contribution is 2.33. The van der Waals surface area contributed by atoms with E-state index in [-0.39, 0.29) is 24.4 Å². The van der Waals surface area contributed by atoms with Crippen molar-refractivity contribution in [3.05, 3.63) is 17.5 Å². The molecule has 5 nitrogen and oxygen atoms in total. The first kappa shape index (κ1) is 15.1. The van der Waals surface area contributed by atoms with Crippen molar-refractivity contribution in [1.82, 2.24) is 4.98 Å². The predicted octanol–water partition coefficient (Wildman–Crippen LogP) is 2.10. The third-order valence-corrected chi connectivity index (χ3v) is 2.04. The van der Waals surface area contributed by atoms with Crippen LogP contribution in [0.3, 0.4) is 0 Å². The minimum Gasteiger partial charge on any atom is -0.503 e. The van der Waals surface area contributed by atoms with Gasteiger partial charge in [-0.3, -0.25) is 9.78 Å². The molecule has 0 amide bonds. The van der Waals surface area contributed by atoms with Gasteiger partial charge in [-0.1, -0.05) is 0 Å². The maximum Gasteiger partial charge on any atom is 0.573 e. The number of rotatable bonds is 4. The van der Waals surface area contributed by atoms with E-state index in [1.807, 2.05) is 0 Å². The fraction of sp³-hybridized carbons (Fsp3) is 0.455. The summed E-state index contributed by atoms with van der Waals surface area (Å²) in [5, 5.41) is 9.42. The van der Waals surface area contributed by atoms with Crippen LogP contribution in [0.1, 0.15) is 18.3 Å². The van der Waals surface area contributed by atoms with Crippen molar-refractivity contribution in [2.75, 3.05) is 6.61 Å². The van der Waals surface area contributed by atoms with Gasteiger partial charge in [-0.15, -0.1) is 13.2 Å². The molecule has 106 valence electrons. The predicted molar refractivity (Wildman–Crippen MR) is 57.7 cm³/mol. The van der Waals surface area contributed by atoms with Crippen molar-refractivity contribution in [3.8, 4) is 11.5 Å². The molecule has 0 aliphatic carbocycles. The van der Waals surface area contributed by atoms with Crippen LogP contribution in [0.5, 0.6) is 11.5 Å². The molecular formula is C11H12F3NO4. The van der Waals surface area contributed by atoms with E-state index in [0.717, 1.165) is 6.07 Å². The van der Waals surface area contributed by atoms with Crippen LogP contribution < -0.4 is 4.74 Å². The molecule has 0 aromatic carbocycles. The second kappa shape index (κ2) is 5.77. The quantitative estimate of drug-likeness (QED) is 0.855. The number of carbonyl (C=O) groups excluding carboxylic acids is 1. The number of carbonyl (C=O) groups is 1. The first-order valence-electron chi connectivity index (χ1n) is 5.33. The highest BCUT2D eigenvalue weighted by Gasteiger charge is 2.33. The lowest BCUT2D eigenvalue weighted by molar-refractivity contribution is -0.275. The Morgan fingerprint density at radius 1 is 1.47 bits per heavy atom. The van der Waals surface area contributed by atoms with E-state index in [1.54, 1.807) is 6.92 Å². The molecule has 1 aromatic rings. The fourth-order valence-corrected chi connectivity index (χ4v) is 1.35. The Kier molecular flexibility index (Phi) is 4.57. The minimum absolute atomic E-state index is 0.0213. The number of aromatic hydroxyl groups is 1. The molecule has 8 heteroatoms. The van der Waals surface area contributed by atoms with Crippen LogP contribution in [-0.2, 0) is 16.0 Å². The number of aromatic nitrogens is 1. The standard InChI is InChI=1S/C11H12F3NO4/c1-3-18-9(16)5-7-4-8(19-11(12,13)14)10(17)6(2)15-7/h4,17H,3,5H2,1-2H3. The Morgan fingerprint density at radius 3 is 2.63 bits per heavy atom. The number of hydrogen-bond acceptors (Lipinski definition) is 5. The summed E-state index contributed by atoms with van der Waals surface area (Å²) in [5.41, 5.74) is -0.0472. The van der Waals surface area contributed by atoms with E-state index < -0.39 is 23.8 Å². The zero-order valence-electron chi connectivity index (χ0n) is 10.2. The van der Waals surface area contributed by atoms with E-state index in [9.17, 15) is 23.1 Å². The van der Waals surface area contributed by atoms with Gasteiger partial charge in [0.25, 0.3) is 0 Å². The van der Waals surface area contributed by atoms with E-state index >= 15 is 0 Å². The SMILES string of the molecule is CCOC(=O)Cc1cc(OC(F)(F)F)c(O)c(C)n1. The topological polar surface area (TPSA) is 68.7 Å². The highest BCUT2D eigenvalue weighted by atomic mass is 19.4. The van der Waals surface area contributed by atoms with Crippen LogP contribution in [0.4, 0.5) is 13.2 Å². The summed E-state index contributed by atoms with van der Waals surface area (Å²) in [7, 11) is 0. The van der Waals surface area contributed by atoms with E-state index in [4.69, 9.17) is 0 Å². The van der Waals surface area contributed by atoms with Gasteiger partial charge in [-0.2, -0.15) is 0 Å². The molecule has 0 aliphatic rings. The van der Waals surface area contributed by atoms with Gasteiger partial charge in [0.05, 0.1) is 24.4 Å². The van der Waals surface area contributed by atoms with Gasteiger partial charge < -0.3 is 14.6 Å². The largest absolute Gasteiger partial charge is 0.573 e. The molecular weight excluding hydrogens is 267 g/mol. The number of esters is 1. The van der Waals surface area contributed by atoms with Gasteiger partial charge in [-0.25, -0.2) is 0 Å². The van der Waals surface area contributed by atoms with Crippen LogP contribution in [0.25, 0.3) is 0 Å². The van der Waals surface area contributed by atoms with Crippen LogP contribution in [0, 0.1) is 6.92 Å². The van der Waals surface area contributed by atoms with E-state index in [1.165, 1.54) is 6.92 Å². The Morgan fingerprint density at radius 2 is 2.11 bits per heavy atom. The average molecular weight is 279 g/mol. The smallest absolute Gasteiger partial charge is 0.503 e. The fourth-order valence-electron chi connectivity index (χ4n) is 1.35. The number of nitrogens with zero attached hydrogens (tertiary/aromatic N) is 1. The van der Waals surface area contributed by atoms with Crippen molar-refractivity contribution in [3.63, 3.8) is 0 Å². The van der Waals surface area contributed by atoms with Gasteiger partial charge in [0.1, 0.15) is 0 Å². The highest BCUT2D eigenvalue weighted by molar-refractivity contribution is 5.72. The Bertz CT molecular complexity index is 474. The van der Waals surface area contributed by atoms with Gasteiger partial charge >= 0.3 is 12.3 Å². The van der Waals surface area contributed by atoms with Crippen LogP contribution in [-0.4, -0.2) is 29.0 Å². The molecule has 1 rings (SSSR count). The summed E-state index contributed by atoms with van der Waals surface area (Å²) in [6, 6.07) is 0.854. The summed E-state index contributed by atoms with van der Waals surface area (Å²) < 4.78 is 44.7. The number of alkyl halides is 3. The molecule has 0 unspecified atom stereocenters. The Balaban J connectivity index is 2.99. The lowest BCUT2D eigenvalue weighted by atomic mass is 10.2. The number of aryl methyl sites for hydroxylation is 1. The van der Waals surface area contributed by atoms with Gasteiger partial charge in [0.2, 0.25) is 0 Å². The zero-order chi connectivity index (χ0) is 14.6. The monoisotopic (exact) mass is 279 g/mol. The van der Waals surface area contributed by atoms with Crippen molar-refractivity contribution in [2.24, 2.45) is 0 Å². The molecule has 0 atom stereocenters. The summed E-state index contributed by atoms with van der Waals surface area (Å²) in [5.74, 6) is -2.14. The maximum absolute atomic E-state index is 12.1. The molecule has 0 saturated carbocycles. The Labute approximate surface area is 107 Å². The average Bonchev–Trinajstić information content (AvgIpc) is 2.23. The first-order valence-corrected chi connectivity index (χ1v) is 5.33. The molecule has 0 radical (unpaired) electrons. The van der Waals surface area contributed by atoms with Crippen LogP contribution >= 0.6 is 0 Å². The molecule has 0 saturated heterocycles. The summed E-state index contributed by atoms with van der Waals surface area (Å²) >= 11 is 0. The van der Waals surface area contributed by atoms with Gasteiger partial charge in [-0.05, 0) is 13.8 Å². The van der Waals surface area contributed by atoms with Crippen molar-refractivity contribution in [1.29, 1.82) is 0 Å².